The van der Waals surface area contributed by atoms with Crippen molar-refractivity contribution in [3.8, 4) is 0 Å². The molecule has 78 valence electrons. The molecule has 0 amide bonds. The number of hydrogen-bond acceptors (Lipinski definition) is 1. The number of halogens is 1. The van der Waals surface area contributed by atoms with Crippen molar-refractivity contribution in [2.45, 2.75) is 5.92 Å². The molecule has 0 radical (unpaired) electrons. The second-order valence-electron chi connectivity index (χ2n) is 4.25. The van der Waals surface area contributed by atoms with Crippen molar-refractivity contribution >= 4 is 24.1 Å². The van der Waals surface area contributed by atoms with Gasteiger partial charge < -0.3 is 0 Å². The van der Waals surface area contributed by atoms with Gasteiger partial charge in [-0.15, -0.1) is 0 Å². The molecule has 0 atom stereocenters. The van der Waals surface area contributed by atoms with Crippen LogP contribution < -0.4 is 0 Å². The summed E-state index contributed by atoms with van der Waals surface area (Å²) < 4.78 is 14.2. The quantitative estimate of drug-likeness (QED) is 0.716. The van der Waals surface area contributed by atoms with Gasteiger partial charge in [-0.25, -0.2) is 0 Å². The van der Waals surface area contributed by atoms with E-state index in [1.165, 1.54) is 15.2 Å². The zero-order valence-electron chi connectivity index (χ0n) is 8.53. The Bertz CT molecular complexity index is 499. The Hall–Kier alpha value is -0.631. The van der Waals surface area contributed by atoms with Crippen molar-refractivity contribution in [1.82, 2.24) is 4.90 Å². The van der Waals surface area contributed by atoms with Crippen LogP contribution in [0, 0.1) is 5.82 Å². The summed E-state index contributed by atoms with van der Waals surface area (Å²) in [6.45, 7) is 2.30. The fourth-order valence-electron chi connectivity index (χ4n) is 2.23. The maximum atomic E-state index is 13.0. The van der Waals surface area contributed by atoms with Crippen LogP contribution in [-0.2, 0) is 0 Å². The van der Waals surface area contributed by atoms with Crippen LogP contribution in [0.15, 0.2) is 23.1 Å². The van der Waals surface area contributed by atoms with Crippen LogP contribution >= 0.6 is 0 Å². The van der Waals surface area contributed by atoms with Gasteiger partial charge in [0.15, 0.2) is 0 Å². The molecule has 1 aromatic heterocycles. The summed E-state index contributed by atoms with van der Waals surface area (Å²) in [6.07, 6.45) is 0. The first-order valence-corrected chi connectivity index (χ1v) is 6.94. The van der Waals surface area contributed by atoms with E-state index in [2.05, 4.69) is 16.9 Å². The Morgan fingerprint density at radius 3 is 2.93 bits per heavy atom. The van der Waals surface area contributed by atoms with E-state index < -0.39 is 0 Å². The Morgan fingerprint density at radius 2 is 2.20 bits per heavy atom. The second kappa shape index (κ2) is 3.44. The summed E-state index contributed by atoms with van der Waals surface area (Å²) in [5.41, 5.74) is 1.46. The number of likely N-dealkylation sites (N-methyl/N-ethyl adjacent to an activating group) is 1. The summed E-state index contributed by atoms with van der Waals surface area (Å²) in [4.78, 5) is 4.65. The first-order chi connectivity index (χ1) is 7.24. The Labute approximate surface area is 94.2 Å². The summed E-state index contributed by atoms with van der Waals surface area (Å²) in [5.74, 6) is 0.583. The van der Waals surface area contributed by atoms with Crippen molar-refractivity contribution in [2.24, 2.45) is 0 Å². The molecule has 3 rings (SSSR count). The predicted molar refractivity (Wildman–Crippen MR) is 61.1 cm³/mol. The standard InChI is InChI=1S/C12H12FNSe/c1-14-5-8(6-14)11-7-15-12-4-9(13)2-3-10(11)12/h2-4,7-8H,5-6H2,1H3. The van der Waals surface area contributed by atoms with Gasteiger partial charge in [0.2, 0.25) is 0 Å². The maximum absolute atomic E-state index is 13.0. The van der Waals surface area contributed by atoms with Gasteiger partial charge in [0, 0.05) is 0 Å². The van der Waals surface area contributed by atoms with E-state index in [-0.39, 0.29) is 5.82 Å². The molecule has 1 nitrogen and oxygen atoms in total. The number of likely N-dealkylation sites (tertiary alicyclic amines) is 1. The predicted octanol–water partition coefficient (Wildman–Crippen LogP) is 2.06. The zero-order chi connectivity index (χ0) is 10.4. The van der Waals surface area contributed by atoms with Crippen LogP contribution in [0.2, 0.25) is 0 Å². The zero-order valence-corrected chi connectivity index (χ0v) is 10.2. The van der Waals surface area contributed by atoms with Crippen LogP contribution in [0.1, 0.15) is 11.5 Å². The third-order valence-electron chi connectivity index (χ3n) is 3.07. The molecule has 1 aliphatic heterocycles. The number of fused-ring (bicyclic) bond motifs is 1. The molecule has 0 aliphatic carbocycles. The third kappa shape index (κ3) is 1.55. The minimum atomic E-state index is -0.101. The van der Waals surface area contributed by atoms with E-state index in [0.29, 0.717) is 20.4 Å². The van der Waals surface area contributed by atoms with Crippen LogP contribution in [0.3, 0.4) is 0 Å². The molecule has 0 spiro atoms. The first-order valence-electron chi connectivity index (χ1n) is 5.09. The second-order valence-corrected chi connectivity index (χ2v) is 6.16. The summed E-state index contributed by atoms with van der Waals surface area (Å²) in [7, 11) is 2.14. The Balaban J connectivity index is 2.05. The number of benzene rings is 1. The average molecular weight is 268 g/mol. The SMILES string of the molecule is CN1CC(c2c[se]c3cc(F)ccc23)C1. The molecule has 1 fully saturated rings. The molecule has 0 N–H and O–H groups in total. The minimum absolute atomic E-state index is 0.101. The van der Waals surface area contributed by atoms with E-state index >= 15 is 0 Å². The van der Waals surface area contributed by atoms with Crippen molar-refractivity contribution in [1.29, 1.82) is 0 Å². The molecular formula is C12H12FNSe. The van der Waals surface area contributed by atoms with Gasteiger partial charge in [0.25, 0.3) is 0 Å². The molecule has 2 heterocycles. The summed E-state index contributed by atoms with van der Waals surface area (Å²) >= 11 is 0.348. The van der Waals surface area contributed by atoms with Gasteiger partial charge in [-0.3, -0.25) is 0 Å². The van der Waals surface area contributed by atoms with Gasteiger partial charge in [-0.1, -0.05) is 0 Å². The van der Waals surface area contributed by atoms with Crippen LogP contribution in [0.5, 0.6) is 0 Å². The van der Waals surface area contributed by atoms with Crippen LogP contribution in [0.25, 0.3) is 9.65 Å². The van der Waals surface area contributed by atoms with E-state index in [4.69, 9.17) is 0 Å². The van der Waals surface area contributed by atoms with Crippen molar-refractivity contribution in [3.63, 3.8) is 0 Å². The van der Waals surface area contributed by atoms with Gasteiger partial charge in [-0.05, 0) is 0 Å². The Kier molecular flexibility index (Phi) is 2.20. The topological polar surface area (TPSA) is 3.24 Å². The first kappa shape index (κ1) is 9.59. The molecule has 3 heteroatoms. The molecule has 1 aliphatic rings. The Morgan fingerprint density at radius 1 is 1.40 bits per heavy atom. The molecule has 0 bridgehead atoms. The van der Waals surface area contributed by atoms with Crippen LogP contribution in [0.4, 0.5) is 4.39 Å². The third-order valence-corrected chi connectivity index (χ3v) is 5.09. The normalized spacial score (nSPS) is 18.3. The van der Waals surface area contributed by atoms with Gasteiger partial charge in [-0.2, -0.15) is 0 Å². The van der Waals surface area contributed by atoms with Crippen molar-refractivity contribution in [3.05, 3.63) is 34.5 Å². The number of rotatable bonds is 1. The fourth-order valence-corrected chi connectivity index (χ4v) is 4.47. The average Bonchev–Trinajstić information content (AvgIpc) is 2.55. The molecule has 0 unspecified atom stereocenters. The summed E-state index contributed by atoms with van der Waals surface area (Å²) in [5, 5.41) is 1.30. The molecule has 1 aromatic carbocycles. The van der Waals surface area contributed by atoms with Crippen LogP contribution in [-0.4, -0.2) is 39.5 Å². The number of nitrogens with zero attached hydrogens (tertiary/aromatic N) is 1. The van der Waals surface area contributed by atoms with E-state index in [1.54, 1.807) is 12.1 Å². The summed E-state index contributed by atoms with van der Waals surface area (Å²) in [6, 6.07) is 5.22. The fraction of sp³-hybridized carbons (Fsp3) is 0.333. The molecular weight excluding hydrogens is 256 g/mol. The molecule has 15 heavy (non-hydrogen) atoms. The molecule has 1 saturated heterocycles. The molecule has 0 saturated carbocycles. The van der Waals surface area contributed by atoms with Gasteiger partial charge in [0.05, 0.1) is 0 Å². The van der Waals surface area contributed by atoms with E-state index in [0.717, 1.165) is 13.1 Å². The van der Waals surface area contributed by atoms with Gasteiger partial charge in [0.1, 0.15) is 0 Å². The molecule has 2 aromatic rings. The van der Waals surface area contributed by atoms with Gasteiger partial charge >= 0.3 is 94.0 Å². The monoisotopic (exact) mass is 269 g/mol. The van der Waals surface area contributed by atoms with Crippen molar-refractivity contribution in [2.75, 3.05) is 20.1 Å². The van der Waals surface area contributed by atoms with E-state index in [9.17, 15) is 4.39 Å². The number of hydrogen-bond donors (Lipinski definition) is 0. The van der Waals surface area contributed by atoms with E-state index in [1.807, 2.05) is 6.07 Å². The van der Waals surface area contributed by atoms with Crippen molar-refractivity contribution < 1.29 is 4.39 Å².